The summed E-state index contributed by atoms with van der Waals surface area (Å²) in [5.74, 6) is 0. The average molecular weight is 204 g/mol. The van der Waals surface area contributed by atoms with Crippen LogP contribution in [-0.2, 0) is 0 Å². The Hall–Kier alpha value is -0.0800. The molecule has 0 aliphatic rings. The van der Waals surface area contributed by atoms with Crippen molar-refractivity contribution in [3.8, 4) is 0 Å². The zero-order valence-corrected chi connectivity index (χ0v) is 11.7. The van der Waals surface area contributed by atoms with Gasteiger partial charge < -0.3 is 9.80 Å². The Balaban J connectivity index is -0.000000266. The first kappa shape index (κ1) is 19.5. The van der Waals surface area contributed by atoms with Crippen LogP contribution in [0.2, 0.25) is 0 Å². The van der Waals surface area contributed by atoms with E-state index in [0.717, 1.165) is 6.54 Å². The van der Waals surface area contributed by atoms with Crippen LogP contribution in [0.5, 0.6) is 0 Å². The van der Waals surface area contributed by atoms with E-state index in [-0.39, 0.29) is 0 Å². The van der Waals surface area contributed by atoms with Crippen LogP contribution < -0.4 is 0 Å². The predicted molar refractivity (Wildman–Crippen MR) is 69.0 cm³/mol. The predicted octanol–water partition coefficient (Wildman–Crippen LogP) is 2.94. The Morgan fingerprint density at radius 2 is 1.14 bits per heavy atom. The van der Waals surface area contributed by atoms with E-state index in [4.69, 9.17) is 0 Å². The normalized spacial score (nSPS) is 9.00. The van der Waals surface area contributed by atoms with Crippen LogP contribution in [0.1, 0.15) is 41.0 Å². The Morgan fingerprint density at radius 1 is 0.714 bits per heavy atom. The molecule has 0 aromatic rings. The smallest absolute Gasteiger partial charge is 0.0106 e. The van der Waals surface area contributed by atoms with Crippen LogP contribution in [0.15, 0.2) is 0 Å². The Morgan fingerprint density at radius 3 is 1.43 bits per heavy atom. The van der Waals surface area contributed by atoms with Gasteiger partial charge in [0, 0.05) is 13.1 Å². The van der Waals surface area contributed by atoms with Gasteiger partial charge in [-0.15, -0.1) is 0 Å². The molecule has 0 amide bonds. The van der Waals surface area contributed by atoms with Crippen LogP contribution >= 0.6 is 0 Å². The van der Waals surface area contributed by atoms with E-state index in [2.05, 4.69) is 37.9 Å². The number of hydrogen-bond donors (Lipinski definition) is 0. The lowest BCUT2D eigenvalue weighted by Crippen LogP contribution is -2.29. The standard InChI is InChI=1S/C8H20N2.2C2H6/c1-5-6-10(4)8-7-9(2)3;2*1-2/h5-8H2,1-4H3;2*1-2H3. The summed E-state index contributed by atoms with van der Waals surface area (Å²) in [6.45, 7) is 13.8. The largest absolute Gasteiger partial charge is 0.308 e. The van der Waals surface area contributed by atoms with Crippen molar-refractivity contribution in [3.63, 3.8) is 0 Å². The van der Waals surface area contributed by atoms with Gasteiger partial charge in [0.05, 0.1) is 0 Å². The van der Waals surface area contributed by atoms with Gasteiger partial charge in [-0.3, -0.25) is 0 Å². The lowest BCUT2D eigenvalue weighted by molar-refractivity contribution is 0.282. The van der Waals surface area contributed by atoms with E-state index in [1.54, 1.807) is 0 Å². The van der Waals surface area contributed by atoms with Gasteiger partial charge >= 0.3 is 0 Å². The van der Waals surface area contributed by atoms with Gasteiger partial charge in [0.25, 0.3) is 0 Å². The monoisotopic (exact) mass is 204 g/mol. The average Bonchev–Trinajstić information content (AvgIpc) is 2.21. The van der Waals surface area contributed by atoms with Crippen molar-refractivity contribution in [2.75, 3.05) is 40.8 Å². The second kappa shape index (κ2) is 18.7. The quantitative estimate of drug-likeness (QED) is 0.679. The lowest BCUT2D eigenvalue weighted by atomic mass is 10.4. The fourth-order valence-corrected chi connectivity index (χ4v) is 0.864. The van der Waals surface area contributed by atoms with E-state index in [9.17, 15) is 0 Å². The first-order valence-electron chi connectivity index (χ1n) is 6.00. The van der Waals surface area contributed by atoms with Crippen molar-refractivity contribution < 1.29 is 0 Å². The zero-order chi connectivity index (χ0) is 12.0. The van der Waals surface area contributed by atoms with E-state index < -0.39 is 0 Å². The van der Waals surface area contributed by atoms with Crippen LogP contribution in [0.25, 0.3) is 0 Å². The molecule has 0 fully saturated rings. The summed E-state index contributed by atoms with van der Waals surface area (Å²) in [5, 5.41) is 0. The molecule has 0 saturated heterocycles. The van der Waals surface area contributed by atoms with Gasteiger partial charge in [-0.25, -0.2) is 0 Å². The molecule has 0 aromatic carbocycles. The van der Waals surface area contributed by atoms with Gasteiger partial charge in [-0.1, -0.05) is 34.6 Å². The zero-order valence-electron chi connectivity index (χ0n) is 11.7. The summed E-state index contributed by atoms with van der Waals surface area (Å²) in [4.78, 5) is 4.58. The lowest BCUT2D eigenvalue weighted by Gasteiger charge is -2.17. The van der Waals surface area contributed by atoms with Crippen molar-refractivity contribution in [1.82, 2.24) is 9.80 Å². The van der Waals surface area contributed by atoms with Gasteiger partial charge in [0.15, 0.2) is 0 Å². The summed E-state index contributed by atoms with van der Waals surface area (Å²) >= 11 is 0. The topological polar surface area (TPSA) is 6.48 Å². The third-order valence-corrected chi connectivity index (χ3v) is 1.53. The minimum atomic E-state index is 1.16. The molecule has 0 bridgehead atoms. The summed E-state index contributed by atoms with van der Waals surface area (Å²) in [6.07, 6.45) is 1.25. The molecular formula is C12H32N2. The van der Waals surface area contributed by atoms with Crippen LogP contribution in [0.3, 0.4) is 0 Å². The molecule has 0 radical (unpaired) electrons. The van der Waals surface area contributed by atoms with Crippen molar-refractivity contribution >= 4 is 0 Å². The Bertz CT molecular complexity index is 72.7. The second-order valence-corrected chi connectivity index (χ2v) is 3.11. The summed E-state index contributed by atoms with van der Waals surface area (Å²) in [6, 6.07) is 0. The fraction of sp³-hybridized carbons (Fsp3) is 1.00. The maximum Gasteiger partial charge on any atom is 0.0106 e. The maximum absolute atomic E-state index is 2.36. The van der Waals surface area contributed by atoms with Gasteiger partial charge in [-0.05, 0) is 34.1 Å². The van der Waals surface area contributed by atoms with Crippen molar-refractivity contribution in [2.45, 2.75) is 41.0 Å². The van der Waals surface area contributed by atoms with E-state index in [1.165, 1.54) is 19.5 Å². The molecule has 0 N–H and O–H groups in total. The van der Waals surface area contributed by atoms with Crippen LogP contribution in [0, 0.1) is 0 Å². The van der Waals surface area contributed by atoms with Gasteiger partial charge in [0.2, 0.25) is 0 Å². The summed E-state index contributed by atoms with van der Waals surface area (Å²) in [7, 11) is 6.40. The summed E-state index contributed by atoms with van der Waals surface area (Å²) in [5.41, 5.74) is 0. The van der Waals surface area contributed by atoms with Gasteiger partial charge in [0.1, 0.15) is 0 Å². The van der Waals surface area contributed by atoms with E-state index in [0.29, 0.717) is 0 Å². The molecular weight excluding hydrogens is 172 g/mol. The second-order valence-electron chi connectivity index (χ2n) is 3.11. The molecule has 0 rings (SSSR count). The minimum absolute atomic E-state index is 1.16. The van der Waals surface area contributed by atoms with Crippen molar-refractivity contribution in [3.05, 3.63) is 0 Å². The molecule has 0 aliphatic carbocycles. The number of nitrogens with zero attached hydrogens (tertiary/aromatic N) is 2. The van der Waals surface area contributed by atoms with E-state index >= 15 is 0 Å². The van der Waals surface area contributed by atoms with E-state index in [1.807, 2.05) is 27.7 Å². The van der Waals surface area contributed by atoms with Crippen LogP contribution in [0.4, 0.5) is 0 Å². The molecule has 0 heterocycles. The number of rotatable bonds is 5. The summed E-state index contributed by atoms with van der Waals surface area (Å²) < 4.78 is 0. The molecule has 0 saturated carbocycles. The third kappa shape index (κ3) is 22.7. The van der Waals surface area contributed by atoms with Crippen molar-refractivity contribution in [2.24, 2.45) is 0 Å². The highest BCUT2D eigenvalue weighted by atomic mass is 15.1. The molecule has 0 aliphatic heterocycles. The molecule has 2 heteroatoms. The van der Waals surface area contributed by atoms with Crippen LogP contribution in [-0.4, -0.2) is 50.6 Å². The van der Waals surface area contributed by atoms with Crippen molar-refractivity contribution in [1.29, 1.82) is 0 Å². The first-order chi connectivity index (χ1) is 6.66. The highest BCUT2D eigenvalue weighted by Gasteiger charge is 1.95. The fourth-order valence-electron chi connectivity index (χ4n) is 0.864. The molecule has 0 spiro atoms. The molecule has 0 aromatic heterocycles. The maximum atomic E-state index is 2.36. The molecule has 0 unspecified atom stereocenters. The molecule has 2 nitrogen and oxygen atoms in total. The number of hydrogen-bond acceptors (Lipinski definition) is 2. The third-order valence-electron chi connectivity index (χ3n) is 1.53. The highest BCUT2D eigenvalue weighted by Crippen LogP contribution is 1.85. The SMILES string of the molecule is CC.CC.CCCN(C)CCN(C)C. The molecule has 0 atom stereocenters. The minimum Gasteiger partial charge on any atom is -0.308 e. The molecule has 90 valence electrons. The Labute approximate surface area is 92.3 Å². The Kier molecular flexibility index (Phi) is 26.0. The first-order valence-corrected chi connectivity index (χ1v) is 6.00. The van der Waals surface area contributed by atoms with Gasteiger partial charge in [-0.2, -0.15) is 0 Å². The molecule has 14 heavy (non-hydrogen) atoms. The number of likely N-dealkylation sites (N-methyl/N-ethyl adjacent to an activating group) is 2. The highest BCUT2D eigenvalue weighted by molar-refractivity contribution is 4.51.